The van der Waals surface area contributed by atoms with Crippen LogP contribution in [0.25, 0.3) is 0 Å². The molecule has 19 heavy (non-hydrogen) atoms. The third-order valence-electron chi connectivity index (χ3n) is 3.14. The highest BCUT2D eigenvalue weighted by molar-refractivity contribution is 5.88. The molecule has 0 radical (unpaired) electrons. The Hall–Kier alpha value is -1.55. The summed E-state index contributed by atoms with van der Waals surface area (Å²) in [4.78, 5) is 13.3. The molecule has 0 saturated carbocycles. The summed E-state index contributed by atoms with van der Waals surface area (Å²) >= 11 is 0. The summed E-state index contributed by atoms with van der Waals surface area (Å²) < 4.78 is 0. The first-order chi connectivity index (χ1) is 8.91. The Morgan fingerprint density at radius 1 is 1.26 bits per heavy atom. The number of rotatable bonds is 7. The van der Waals surface area contributed by atoms with Crippen molar-refractivity contribution in [3.63, 3.8) is 0 Å². The van der Waals surface area contributed by atoms with Gasteiger partial charge in [0.25, 0.3) is 0 Å². The number of nitrogens with one attached hydrogen (secondary N) is 1. The first-order valence-corrected chi connectivity index (χ1v) is 6.74. The number of carboxylic acid groups (broad SMARTS) is 1. The molecule has 4 nitrogen and oxygen atoms in total. The molecule has 0 aliphatic heterocycles. The van der Waals surface area contributed by atoms with Crippen molar-refractivity contribution in [1.82, 2.24) is 4.90 Å². The van der Waals surface area contributed by atoms with Gasteiger partial charge in [-0.25, -0.2) is 4.79 Å². The van der Waals surface area contributed by atoms with Crippen molar-refractivity contribution in [1.29, 1.82) is 0 Å². The molecule has 0 atom stereocenters. The van der Waals surface area contributed by atoms with Gasteiger partial charge in [-0.15, -0.1) is 0 Å². The summed E-state index contributed by atoms with van der Waals surface area (Å²) in [6.07, 6.45) is 0. The Balaban J connectivity index is 2.53. The highest BCUT2D eigenvalue weighted by atomic mass is 16.4. The van der Waals surface area contributed by atoms with Crippen molar-refractivity contribution in [2.24, 2.45) is 0 Å². The molecule has 1 aromatic rings. The van der Waals surface area contributed by atoms with E-state index in [1.807, 2.05) is 6.07 Å². The number of hydrogen-bond donors (Lipinski definition) is 2. The molecule has 0 saturated heterocycles. The summed E-state index contributed by atoms with van der Waals surface area (Å²) in [6, 6.07) is 7.93. The predicted molar refractivity (Wildman–Crippen MR) is 78.9 cm³/mol. The van der Waals surface area contributed by atoms with E-state index in [4.69, 9.17) is 5.11 Å². The minimum Gasteiger partial charge on any atom is -0.478 e. The molecule has 0 fully saturated rings. The van der Waals surface area contributed by atoms with Crippen molar-refractivity contribution in [2.75, 3.05) is 18.4 Å². The normalized spacial score (nSPS) is 11.3. The van der Waals surface area contributed by atoms with Gasteiger partial charge < -0.3 is 10.4 Å². The molecule has 0 aromatic heterocycles. The molecule has 0 unspecified atom stereocenters. The number of aromatic carboxylic acids is 1. The second-order valence-corrected chi connectivity index (χ2v) is 5.24. The fourth-order valence-electron chi connectivity index (χ4n) is 2.20. The molecule has 0 spiro atoms. The van der Waals surface area contributed by atoms with E-state index in [0.717, 1.165) is 18.8 Å². The number of hydrogen-bond acceptors (Lipinski definition) is 3. The average molecular weight is 264 g/mol. The van der Waals surface area contributed by atoms with E-state index < -0.39 is 5.97 Å². The SMILES string of the molecule is CC(C)N(CCNc1cccc(C(=O)O)c1)C(C)C. The predicted octanol–water partition coefficient (Wildman–Crippen LogP) is 2.92. The zero-order valence-corrected chi connectivity index (χ0v) is 12.2. The molecule has 4 heteroatoms. The van der Waals surface area contributed by atoms with Crippen LogP contribution in [0.1, 0.15) is 38.1 Å². The van der Waals surface area contributed by atoms with Gasteiger partial charge in [0.15, 0.2) is 0 Å². The molecule has 2 N–H and O–H groups in total. The van der Waals surface area contributed by atoms with Crippen LogP contribution < -0.4 is 5.32 Å². The van der Waals surface area contributed by atoms with Crippen LogP contribution in [-0.2, 0) is 0 Å². The van der Waals surface area contributed by atoms with Crippen LogP contribution in [0.5, 0.6) is 0 Å². The van der Waals surface area contributed by atoms with Crippen LogP contribution >= 0.6 is 0 Å². The van der Waals surface area contributed by atoms with Gasteiger partial charge in [-0.2, -0.15) is 0 Å². The maximum Gasteiger partial charge on any atom is 0.335 e. The zero-order valence-electron chi connectivity index (χ0n) is 12.2. The van der Waals surface area contributed by atoms with E-state index in [9.17, 15) is 4.79 Å². The number of carboxylic acids is 1. The quantitative estimate of drug-likeness (QED) is 0.795. The van der Waals surface area contributed by atoms with Crippen molar-refractivity contribution >= 4 is 11.7 Å². The Bertz CT molecular complexity index is 408. The molecule has 0 heterocycles. The van der Waals surface area contributed by atoms with Crippen molar-refractivity contribution in [3.05, 3.63) is 29.8 Å². The molecule has 0 amide bonds. The summed E-state index contributed by atoms with van der Waals surface area (Å²) in [5, 5.41) is 12.2. The van der Waals surface area contributed by atoms with Crippen LogP contribution in [0.3, 0.4) is 0 Å². The molecule has 0 bridgehead atoms. The molecular formula is C15H24N2O2. The third-order valence-corrected chi connectivity index (χ3v) is 3.14. The molecule has 0 aliphatic rings. The topological polar surface area (TPSA) is 52.6 Å². The molecule has 1 rings (SSSR count). The van der Waals surface area contributed by atoms with Gasteiger partial charge in [0, 0.05) is 30.9 Å². The van der Waals surface area contributed by atoms with Crippen molar-refractivity contribution in [2.45, 2.75) is 39.8 Å². The maximum absolute atomic E-state index is 10.9. The first kappa shape index (κ1) is 15.5. The van der Waals surface area contributed by atoms with Gasteiger partial charge >= 0.3 is 5.97 Å². The lowest BCUT2D eigenvalue weighted by Gasteiger charge is -2.30. The van der Waals surface area contributed by atoms with Gasteiger partial charge in [0.05, 0.1) is 5.56 Å². The van der Waals surface area contributed by atoms with Gasteiger partial charge in [-0.3, -0.25) is 4.90 Å². The van der Waals surface area contributed by atoms with E-state index in [2.05, 4.69) is 37.9 Å². The van der Waals surface area contributed by atoms with Gasteiger partial charge in [-0.1, -0.05) is 6.07 Å². The van der Waals surface area contributed by atoms with E-state index in [1.165, 1.54) is 0 Å². The number of anilines is 1. The highest BCUT2D eigenvalue weighted by Crippen LogP contribution is 2.11. The standard InChI is InChI=1S/C15H24N2O2/c1-11(2)17(12(3)4)9-8-16-14-7-5-6-13(10-14)15(18)19/h5-7,10-12,16H,8-9H2,1-4H3,(H,18,19). The molecule has 106 valence electrons. The number of benzene rings is 1. The Morgan fingerprint density at radius 2 is 1.89 bits per heavy atom. The number of carbonyl (C=O) groups is 1. The lowest BCUT2D eigenvalue weighted by atomic mass is 10.2. The van der Waals surface area contributed by atoms with Crippen LogP contribution in [0.15, 0.2) is 24.3 Å². The van der Waals surface area contributed by atoms with E-state index in [0.29, 0.717) is 17.6 Å². The molecular weight excluding hydrogens is 240 g/mol. The van der Waals surface area contributed by atoms with Crippen LogP contribution in [0, 0.1) is 0 Å². The lowest BCUT2D eigenvalue weighted by molar-refractivity contribution is 0.0697. The van der Waals surface area contributed by atoms with Gasteiger partial charge in [0.2, 0.25) is 0 Å². The Morgan fingerprint density at radius 3 is 2.42 bits per heavy atom. The largest absolute Gasteiger partial charge is 0.478 e. The molecule has 0 aliphatic carbocycles. The second kappa shape index (κ2) is 7.14. The maximum atomic E-state index is 10.9. The zero-order chi connectivity index (χ0) is 14.4. The molecule has 1 aromatic carbocycles. The van der Waals surface area contributed by atoms with E-state index in [1.54, 1.807) is 18.2 Å². The summed E-state index contributed by atoms with van der Waals surface area (Å²) in [5.41, 5.74) is 1.17. The van der Waals surface area contributed by atoms with Gasteiger partial charge in [0.1, 0.15) is 0 Å². The van der Waals surface area contributed by atoms with Crippen LogP contribution in [0.2, 0.25) is 0 Å². The Labute approximate surface area is 115 Å². The van der Waals surface area contributed by atoms with Crippen molar-refractivity contribution < 1.29 is 9.90 Å². The second-order valence-electron chi connectivity index (χ2n) is 5.24. The minimum atomic E-state index is -0.894. The Kier molecular flexibility index (Phi) is 5.83. The summed E-state index contributed by atoms with van der Waals surface area (Å²) in [5.74, 6) is -0.894. The summed E-state index contributed by atoms with van der Waals surface area (Å²) in [6.45, 7) is 10.5. The van der Waals surface area contributed by atoms with Crippen molar-refractivity contribution in [3.8, 4) is 0 Å². The summed E-state index contributed by atoms with van der Waals surface area (Å²) in [7, 11) is 0. The van der Waals surface area contributed by atoms with Crippen LogP contribution in [0.4, 0.5) is 5.69 Å². The first-order valence-electron chi connectivity index (χ1n) is 6.74. The van der Waals surface area contributed by atoms with Crippen LogP contribution in [-0.4, -0.2) is 41.1 Å². The smallest absolute Gasteiger partial charge is 0.335 e. The highest BCUT2D eigenvalue weighted by Gasteiger charge is 2.12. The third kappa shape index (κ3) is 4.91. The van der Waals surface area contributed by atoms with E-state index >= 15 is 0 Å². The monoisotopic (exact) mass is 264 g/mol. The van der Waals surface area contributed by atoms with E-state index in [-0.39, 0.29) is 0 Å². The minimum absolute atomic E-state index is 0.314. The van der Waals surface area contributed by atoms with Gasteiger partial charge in [-0.05, 0) is 45.9 Å². The lowest BCUT2D eigenvalue weighted by Crippen LogP contribution is -2.40. The fourth-order valence-corrected chi connectivity index (χ4v) is 2.20. The average Bonchev–Trinajstić information content (AvgIpc) is 2.34. The number of nitrogens with zero attached hydrogens (tertiary/aromatic N) is 1. The fraction of sp³-hybridized carbons (Fsp3) is 0.533.